The number of fused-ring (bicyclic) bond motifs is 2. The molecule has 2 heterocycles. The van der Waals surface area contributed by atoms with Crippen LogP contribution in [-0.4, -0.2) is 67.2 Å². The normalized spacial score (nSPS) is 22.7. The van der Waals surface area contributed by atoms with Gasteiger partial charge in [-0.1, -0.05) is 6.92 Å². The summed E-state index contributed by atoms with van der Waals surface area (Å²) >= 11 is 0. The standard InChI is InChI=1S/C23H34N4O5/c1-5-10-24-21(28)12-16-7-8-18-20(32-16)13-31-19-9-6-15(26-23(30)25-14(2)3)11-17(19)22(29)27(18)4/h6,9,11,14,16,18,20H,5,7-8,10,12-13H2,1-4H3,(H,24,28)(H2,25,26,30)/t16-,18+,20+/m1/s1. The maximum atomic E-state index is 13.2. The molecule has 9 heteroatoms. The molecule has 3 rings (SSSR count). The van der Waals surface area contributed by atoms with E-state index in [2.05, 4.69) is 16.0 Å². The quantitative estimate of drug-likeness (QED) is 0.622. The van der Waals surface area contributed by atoms with Gasteiger partial charge in [-0.3, -0.25) is 9.59 Å². The largest absolute Gasteiger partial charge is 0.490 e. The molecule has 176 valence electrons. The van der Waals surface area contributed by atoms with Gasteiger partial charge in [0.05, 0.1) is 24.1 Å². The lowest BCUT2D eigenvalue weighted by Gasteiger charge is -2.42. The van der Waals surface area contributed by atoms with Crippen LogP contribution in [0.2, 0.25) is 0 Å². The fraction of sp³-hybridized carbons (Fsp3) is 0.609. The number of urea groups is 1. The van der Waals surface area contributed by atoms with Crippen LogP contribution in [0.5, 0.6) is 5.75 Å². The summed E-state index contributed by atoms with van der Waals surface area (Å²) < 4.78 is 12.1. The van der Waals surface area contributed by atoms with Gasteiger partial charge in [0.2, 0.25) is 5.91 Å². The van der Waals surface area contributed by atoms with E-state index in [0.29, 0.717) is 36.4 Å². The summed E-state index contributed by atoms with van der Waals surface area (Å²) in [7, 11) is 1.76. The molecule has 1 aromatic rings. The van der Waals surface area contributed by atoms with Crippen LogP contribution in [0.3, 0.4) is 0 Å². The van der Waals surface area contributed by atoms with E-state index in [4.69, 9.17) is 9.47 Å². The Balaban J connectivity index is 1.70. The van der Waals surface area contributed by atoms with E-state index in [1.54, 1.807) is 30.1 Å². The molecule has 1 aromatic carbocycles. The molecule has 4 amide bonds. The van der Waals surface area contributed by atoms with E-state index in [1.807, 2.05) is 20.8 Å². The summed E-state index contributed by atoms with van der Waals surface area (Å²) in [6.45, 7) is 6.69. The van der Waals surface area contributed by atoms with Gasteiger partial charge in [-0.25, -0.2) is 4.79 Å². The summed E-state index contributed by atoms with van der Waals surface area (Å²) in [5, 5.41) is 8.39. The Morgan fingerprint density at radius 1 is 1.25 bits per heavy atom. The molecule has 0 radical (unpaired) electrons. The molecule has 0 unspecified atom stereocenters. The van der Waals surface area contributed by atoms with Gasteiger partial charge in [0, 0.05) is 25.3 Å². The van der Waals surface area contributed by atoms with Gasteiger partial charge >= 0.3 is 6.03 Å². The highest BCUT2D eigenvalue weighted by Crippen LogP contribution is 2.32. The van der Waals surface area contributed by atoms with E-state index in [0.717, 1.165) is 12.8 Å². The molecule has 9 nitrogen and oxygen atoms in total. The average Bonchev–Trinajstić information content (AvgIpc) is 2.74. The lowest BCUT2D eigenvalue weighted by atomic mass is 9.94. The van der Waals surface area contributed by atoms with Crippen molar-refractivity contribution in [3.05, 3.63) is 23.8 Å². The molecule has 3 N–H and O–H groups in total. The third-order valence-corrected chi connectivity index (χ3v) is 5.67. The summed E-state index contributed by atoms with van der Waals surface area (Å²) in [4.78, 5) is 39.0. The van der Waals surface area contributed by atoms with E-state index < -0.39 is 0 Å². The van der Waals surface area contributed by atoms with E-state index in [9.17, 15) is 14.4 Å². The number of nitrogens with zero attached hydrogens (tertiary/aromatic N) is 1. The number of nitrogens with one attached hydrogen (secondary N) is 3. The van der Waals surface area contributed by atoms with E-state index in [-0.39, 0.29) is 48.7 Å². The van der Waals surface area contributed by atoms with Crippen molar-refractivity contribution in [2.75, 3.05) is 25.5 Å². The number of benzene rings is 1. The summed E-state index contributed by atoms with van der Waals surface area (Å²) in [5.74, 6) is 0.241. The SMILES string of the molecule is CCCNC(=O)C[C@H]1CC[C@H]2[C@H](COc3ccc(NC(=O)NC(C)C)cc3C(=O)N2C)O1. The topological polar surface area (TPSA) is 109 Å². The molecule has 1 fully saturated rings. The van der Waals surface area contributed by atoms with Crippen molar-refractivity contribution >= 4 is 23.5 Å². The van der Waals surface area contributed by atoms with Crippen molar-refractivity contribution in [2.45, 2.75) is 70.7 Å². The molecular formula is C23H34N4O5. The van der Waals surface area contributed by atoms with Crippen molar-refractivity contribution in [2.24, 2.45) is 0 Å². The lowest BCUT2D eigenvalue weighted by Crippen LogP contribution is -2.54. The minimum atomic E-state index is -0.331. The number of anilines is 1. The lowest BCUT2D eigenvalue weighted by molar-refractivity contribution is -0.134. The van der Waals surface area contributed by atoms with Crippen molar-refractivity contribution in [3.63, 3.8) is 0 Å². The first kappa shape index (κ1) is 23.8. The van der Waals surface area contributed by atoms with Gasteiger partial charge in [0.25, 0.3) is 5.91 Å². The monoisotopic (exact) mass is 446 g/mol. The van der Waals surface area contributed by atoms with E-state index >= 15 is 0 Å². The number of rotatable bonds is 6. The Morgan fingerprint density at radius 3 is 2.75 bits per heavy atom. The highest BCUT2D eigenvalue weighted by Gasteiger charge is 2.39. The van der Waals surface area contributed by atoms with Crippen molar-refractivity contribution in [3.8, 4) is 5.75 Å². The van der Waals surface area contributed by atoms with Crippen LogP contribution in [0, 0.1) is 0 Å². The second kappa shape index (κ2) is 10.7. The molecule has 3 atom stereocenters. The third kappa shape index (κ3) is 5.91. The van der Waals surface area contributed by atoms with Gasteiger partial charge < -0.3 is 30.3 Å². The number of likely N-dealkylation sites (N-methyl/N-ethyl adjacent to an activating group) is 1. The Labute approximate surface area is 189 Å². The zero-order valence-electron chi connectivity index (χ0n) is 19.3. The summed E-state index contributed by atoms with van der Waals surface area (Å²) in [6, 6.07) is 4.55. The molecule has 0 aromatic heterocycles. The van der Waals surface area contributed by atoms with Crippen LogP contribution in [0.4, 0.5) is 10.5 Å². The van der Waals surface area contributed by atoms with Gasteiger partial charge in [0.1, 0.15) is 18.5 Å². The fourth-order valence-corrected chi connectivity index (χ4v) is 4.08. The first-order valence-corrected chi connectivity index (χ1v) is 11.3. The summed E-state index contributed by atoms with van der Waals surface area (Å²) in [5.41, 5.74) is 0.914. The van der Waals surface area contributed by atoms with Crippen LogP contribution in [0.25, 0.3) is 0 Å². The Bertz CT molecular complexity index is 844. The Morgan fingerprint density at radius 2 is 2.03 bits per heavy atom. The number of amides is 4. The minimum Gasteiger partial charge on any atom is -0.490 e. The number of ether oxygens (including phenoxy) is 2. The van der Waals surface area contributed by atoms with Crippen LogP contribution in [-0.2, 0) is 9.53 Å². The predicted octanol–water partition coefficient (Wildman–Crippen LogP) is 2.51. The molecule has 32 heavy (non-hydrogen) atoms. The van der Waals surface area contributed by atoms with Gasteiger partial charge in [-0.15, -0.1) is 0 Å². The Kier molecular flexibility index (Phi) is 7.95. The van der Waals surface area contributed by atoms with Crippen LogP contribution < -0.4 is 20.7 Å². The minimum absolute atomic E-state index is 0.000203. The second-order valence-electron chi connectivity index (χ2n) is 8.69. The van der Waals surface area contributed by atoms with Crippen molar-refractivity contribution in [1.82, 2.24) is 15.5 Å². The number of carbonyl (C=O) groups is 3. The van der Waals surface area contributed by atoms with Gasteiger partial charge in [-0.05, 0) is 51.3 Å². The smallest absolute Gasteiger partial charge is 0.319 e. The number of carbonyl (C=O) groups excluding carboxylic acids is 3. The van der Waals surface area contributed by atoms with Gasteiger partial charge in [-0.2, -0.15) is 0 Å². The van der Waals surface area contributed by atoms with E-state index in [1.165, 1.54) is 0 Å². The maximum absolute atomic E-state index is 13.2. The van der Waals surface area contributed by atoms with Gasteiger partial charge in [0.15, 0.2) is 0 Å². The highest BCUT2D eigenvalue weighted by atomic mass is 16.5. The molecule has 1 saturated heterocycles. The second-order valence-corrected chi connectivity index (χ2v) is 8.69. The highest BCUT2D eigenvalue weighted by molar-refractivity contribution is 5.99. The maximum Gasteiger partial charge on any atom is 0.319 e. The predicted molar refractivity (Wildman–Crippen MR) is 121 cm³/mol. The van der Waals surface area contributed by atoms with Crippen LogP contribution >= 0.6 is 0 Å². The fourth-order valence-electron chi connectivity index (χ4n) is 4.08. The first-order chi connectivity index (χ1) is 15.3. The van der Waals surface area contributed by atoms with Crippen molar-refractivity contribution < 1.29 is 23.9 Å². The number of hydrogen-bond acceptors (Lipinski definition) is 5. The Hall–Kier alpha value is -2.81. The molecule has 2 aliphatic heterocycles. The molecule has 2 aliphatic rings. The van der Waals surface area contributed by atoms with Crippen LogP contribution in [0.15, 0.2) is 18.2 Å². The summed E-state index contributed by atoms with van der Waals surface area (Å²) in [6.07, 6.45) is 2.12. The number of hydrogen-bond donors (Lipinski definition) is 3. The molecule has 0 saturated carbocycles. The molecule has 0 spiro atoms. The third-order valence-electron chi connectivity index (χ3n) is 5.67. The van der Waals surface area contributed by atoms with Crippen LogP contribution in [0.1, 0.15) is 56.8 Å². The first-order valence-electron chi connectivity index (χ1n) is 11.3. The molecular weight excluding hydrogens is 412 g/mol. The molecule has 0 bridgehead atoms. The van der Waals surface area contributed by atoms with Crippen molar-refractivity contribution in [1.29, 1.82) is 0 Å². The zero-order chi connectivity index (χ0) is 23.3. The average molecular weight is 447 g/mol. The molecule has 0 aliphatic carbocycles. The zero-order valence-corrected chi connectivity index (χ0v) is 19.3.